The summed E-state index contributed by atoms with van der Waals surface area (Å²) in [7, 11) is 1.73. The molecule has 17 heavy (non-hydrogen) atoms. The van der Waals surface area contributed by atoms with Gasteiger partial charge in [0.1, 0.15) is 0 Å². The van der Waals surface area contributed by atoms with Crippen molar-refractivity contribution in [3.8, 4) is 0 Å². The van der Waals surface area contributed by atoms with Crippen molar-refractivity contribution in [3.05, 3.63) is 0 Å². The summed E-state index contributed by atoms with van der Waals surface area (Å²) in [5, 5.41) is 3.61. The van der Waals surface area contributed by atoms with Crippen LogP contribution in [0.1, 0.15) is 47.0 Å². The summed E-state index contributed by atoms with van der Waals surface area (Å²) >= 11 is 0. The molecule has 1 N–H and O–H groups in total. The maximum atomic E-state index is 6.14. The Bertz CT molecular complexity index is 218. The highest BCUT2D eigenvalue weighted by atomic mass is 16.5. The van der Waals surface area contributed by atoms with Crippen LogP contribution in [0.3, 0.4) is 0 Å². The molecule has 1 aliphatic carbocycles. The Balaban J connectivity index is 2.60. The van der Waals surface area contributed by atoms with Gasteiger partial charge in [0.15, 0.2) is 0 Å². The lowest BCUT2D eigenvalue weighted by atomic mass is 9.71. The van der Waals surface area contributed by atoms with Gasteiger partial charge in [-0.1, -0.05) is 27.2 Å². The smallest absolute Gasteiger partial charge is 0.0784 e. The van der Waals surface area contributed by atoms with E-state index in [0.717, 1.165) is 13.0 Å². The van der Waals surface area contributed by atoms with E-state index in [1.54, 1.807) is 7.11 Å². The van der Waals surface area contributed by atoms with E-state index < -0.39 is 0 Å². The van der Waals surface area contributed by atoms with E-state index in [1.807, 2.05) is 0 Å². The number of hydrogen-bond acceptors (Lipinski definition) is 3. The average Bonchev–Trinajstić information content (AvgIpc) is 2.23. The quantitative estimate of drug-likeness (QED) is 0.778. The van der Waals surface area contributed by atoms with Gasteiger partial charge in [-0.25, -0.2) is 0 Å². The van der Waals surface area contributed by atoms with Crippen LogP contribution in [-0.2, 0) is 9.47 Å². The van der Waals surface area contributed by atoms with Gasteiger partial charge < -0.3 is 14.8 Å². The van der Waals surface area contributed by atoms with E-state index in [9.17, 15) is 0 Å². The molecule has 1 rings (SSSR count). The van der Waals surface area contributed by atoms with Crippen LogP contribution in [-0.4, -0.2) is 38.5 Å². The fraction of sp³-hybridized carbons (Fsp3) is 1.00. The number of methoxy groups -OCH3 is 1. The van der Waals surface area contributed by atoms with Crippen LogP contribution >= 0.6 is 0 Å². The molecule has 0 spiro atoms. The Morgan fingerprint density at radius 1 is 1.41 bits per heavy atom. The van der Waals surface area contributed by atoms with Crippen molar-refractivity contribution in [2.75, 3.05) is 20.3 Å². The fourth-order valence-corrected chi connectivity index (χ4v) is 2.93. The van der Waals surface area contributed by atoms with Crippen molar-refractivity contribution in [2.24, 2.45) is 5.41 Å². The van der Waals surface area contributed by atoms with E-state index in [1.165, 1.54) is 12.8 Å². The molecule has 1 saturated carbocycles. The third kappa shape index (κ3) is 4.23. The first-order valence-corrected chi connectivity index (χ1v) is 6.89. The minimum Gasteiger partial charge on any atom is -0.382 e. The zero-order valence-electron chi connectivity index (χ0n) is 12.1. The Labute approximate surface area is 106 Å². The minimum absolute atomic E-state index is 0.181. The lowest BCUT2D eigenvalue weighted by molar-refractivity contribution is -0.0890. The molecule has 0 aliphatic heterocycles. The standard InChI is InChI=1S/C14H29NO2/c1-6-15-13-12(17-11(2)10-16-5)8-7-9-14(13,3)4/h11-13,15H,6-10H2,1-5H3. The highest BCUT2D eigenvalue weighted by Gasteiger charge is 2.39. The largest absolute Gasteiger partial charge is 0.382 e. The summed E-state index contributed by atoms with van der Waals surface area (Å²) in [5.41, 5.74) is 0.325. The molecule has 0 bridgehead atoms. The van der Waals surface area contributed by atoms with Crippen LogP contribution in [0.25, 0.3) is 0 Å². The summed E-state index contributed by atoms with van der Waals surface area (Å²) < 4.78 is 11.3. The molecule has 1 fully saturated rings. The van der Waals surface area contributed by atoms with Crippen molar-refractivity contribution in [1.82, 2.24) is 5.32 Å². The van der Waals surface area contributed by atoms with Crippen molar-refractivity contribution >= 4 is 0 Å². The van der Waals surface area contributed by atoms with E-state index >= 15 is 0 Å². The second kappa shape index (κ2) is 6.72. The van der Waals surface area contributed by atoms with Gasteiger partial charge in [-0.3, -0.25) is 0 Å². The van der Waals surface area contributed by atoms with E-state index in [0.29, 0.717) is 24.2 Å². The molecule has 0 aromatic heterocycles. The van der Waals surface area contributed by atoms with Gasteiger partial charge in [0.05, 0.1) is 18.8 Å². The molecule has 0 aromatic rings. The molecular formula is C14H29NO2. The number of hydrogen-bond donors (Lipinski definition) is 1. The lowest BCUT2D eigenvalue weighted by Gasteiger charge is -2.45. The van der Waals surface area contributed by atoms with Crippen LogP contribution < -0.4 is 5.32 Å². The van der Waals surface area contributed by atoms with Gasteiger partial charge >= 0.3 is 0 Å². The normalized spacial score (nSPS) is 30.2. The maximum Gasteiger partial charge on any atom is 0.0784 e. The Morgan fingerprint density at radius 2 is 2.12 bits per heavy atom. The predicted molar refractivity (Wildman–Crippen MR) is 71.3 cm³/mol. The molecule has 1 aliphatic rings. The second-order valence-electron chi connectivity index (χ2n) is 5.86. The first-order valence-electron chi connectivity index (χ1n) is 6.89. The van der Waals surface area contributed by atoms with Gasteiger partial charge in [0.25, 0.3) is 0 Å². The van der Waals surface area contributed by atoms with Gasteiger partial charge in [-0.2, -0.15) is 0 Å². The summed E-state index contributed by atoms with van der Waals surface area (Å²) in [5.74, 6) is 0. The highest BCUT2D eigenvalue weighted by molar-refractivity contribution is 4.94. The third-order valence-corrected chi connectivity index (χ3v) is 3.76. The molecule has 102 valence electrons. The number of ether oxygens (including phenoxy) is 2. The second-order valence-corrected chi connectivity index (χ2v) is 5.86. The number of nitrogens with one attached hydrogen (secondary N) is 1. The van der Waals surface area contributed by atoms with Crippen LogP contribution in [0.5, 0.6) is 0 Å². The van der Waals surface area contributed by atoms with E-state index in [2.05, 4.69) is 33.0 Å². The molecule has 3 nitrogen and oxygen atoms in total. The Hall–Kier alpha value is -0.120. The van der Waals surface area contributed by atoms with Crippen LogP contribution in [0.15, 0.2) is 0 Å². The van der Waals surface area contributed by atoms with Gasteiger partial charge in [-0.05, 0) is 31.7 Å². The molecule has 0 amide bonds. The molecule has 3 heteroatoms. The fourth-order valence-electron chi connectivity index (χ4n) is 2.93. The highest BCUT2D eigenvalue weighted by Crippen LogP contribution is 2.37. The number of likely N-dealkylation sites (N-methyl/N-ethyl adjacent to an activating group) is 1. The van der Waals surface area contributed by atoms with Gasteiger partial charge in [-0.15, -0.1) is 0 Å². The molecule has 0 heterocycles. The van der Waals surface area contributed by atoms with Crippen molar-refractivity contribution in [3.63, 3.8) is 0 Å². The SMILES string of the molecule is CCNC1C(OC(C)COC)CCCC1(C)C. The molecule has 0 saturated heterocycles. The third-order valence-electron chi connectivity index (χ3n) is 3.76. The molecule has 3 unspecified atom stereocenters. The minimum atomic E-state index is 0.181. The van der Waals surface area contributed by atoms with Crippen molar-refractivity contribution < 1.29 is 9.47 Å². The summed E-state index contributed by atoms with van der Waals surface area (Å²) in [6, 6.07) is 0.459. The van der Waals surface area contributed by atoms with Crippen molar-refractivity contribution in [2.45, 2.75) is 65.2 Å². The Kier molecular flexibility index (Phi) is 5.90. The zero-order chi connectivity index (χ0) is 12.9. The first-order chi connectivity index (χ1) is 8.01. The summed E-state index contributed by atoms with van der Waals surface area (Å²) in [4.78, 5) is 0. The topological polar surface area (TPSA) is 30.5 Å². The maximum absolute atomic E-state index is 6.14. The first kappa shape index (κ1) is 14.9. The van der Waals surface area contributed by atoms with Gasteiger partial charge in [0.2, 0.25) is 0 Å². The van der Waals surface area contributed by atoms with Gasteiger partial charge in [0, 0.05) is 13.2 Å². The molecule has 0 aromatic carbocycles. The molecule has 3 atom stereocenters. The lowest BCUT2D eigenvalue weighted by Crippen LogP contribution is -2.54. The average molecular weight is 243 g/mol. The van der Waals surface area contributed by atoms with Crippen LogP contribution in [0.4, 0.5) is 0 Å². The van der Waals surface area contributed by atoms with E-state index in [4.69, 9.17) is 9.47 Å². The summed E-state index contributed by atoms with van der Waals surface area (Å²) in [6.07, 6.45) is 4.21. The zero-order valence-corrected chi connectivity index (χ0v) is 12.1. The number of rotatable bonds is 6. The van der Waals surface area contributed by atoms with E-state index in [-0.39, 0.29) is 6.10 Å². The monoisotopic (exact) mass is 243 g/mol. The van der Waals surface area contributed by atoms with Crippen molar-refractivity contribution in [1.29, 1.82) is 0 Å². The predicted octanol–water partition coefficient (Wildman–Crippen LogP) is 2.59. The Morgan fingerprint density at radius 3 is 2.71 bits per heavy atom. The van der Waals surface area contributed by atoms with Crippen LogP contribution in [0.2, 0.25) is 0 Å². The molecular weight excluding hydrogens is 214 g/mol. The summed E-state index contributed by atoms with van der Waals surface area (Å²) in [6.45, 7) is 10.6. The van der Waals surface area contributed by atoms with Crippen LogP contribution in [0, 0.1) is 5.41 Å². The molecule has 0 radical (unpaired) electrons.